The summed E-state index contributed by atoms with van der Waals surface area (Å²) in [6.45, 7) is 7.29. The van der Waals surface area contributed by atoms with Gasteiger partial charge in [-0.1, -0.05) is 29.8 Å². The number of phenols is 1. The summed E-state index contributed by atoms with van der Waals surface area (Å²) in [6.07, 6.45) is 2.70. The molecule has 0 aromatic heterocycles. The van der Waals surface area contributed by atoms with Crippen molar-refractivity contribution in [2.45, 2.75) is 49.8 Å². The molecule has 6 rings (SSSR count). The second kappa shape index (κ2) is 11.6. The van der Waals surface area contributed by atoms with E-state index in [0.29, 0.717) is 18.4 Å². The van der Waals surface area contributed by atoms with Crippen molar-refractivity contribution in [2.75, 3.05) is 32.6 Å². The van der Waals surface area contributed by atoms with Gasteiger partial charge < -0.3 is 19.3 Å². The van der Waals surface area contributed by atoms with Crippen molar-refractivity contribution >= 4 is 32.6 Å². The fourth-order valence-electron chi connectivity index (χ4n) is 6.06. The van der Waals surface area contributed by atoms with E-state index in [0.717, 1.165) is 72.4 Å². The maximum absolute atomic E-state index is 12.6. The summed E-state index contributed by atoms with van der Waals surface area (Å²) >= 11 is 6.33. The first-order valence-electron chi connectivity index (χ1n) is 14.4. The number of nitrogens with zero attached hydrogens (tertiary/aromatic N) is 1. The molecule has 3 aliphatic rings. The molecule has 9 heteroatoms. The number of morpholine rings is 1. The fraction of sp³-hybridized carbons (Fsp3) is 0.394. The number of hydrogen-bond donors (Lipinski definition) is 1. The topological polar surface area (TPSA) is 85.3 Å². The Bertz CT molecular complexity index is 1620. The number of sulfone groups is 1. The zero-order chi connectivity index (χ0) is 29.6. The maximum Gasteiger partial charge on any atom is 0.177 e. The van der Waals surface area contributed by atoms with E-state index in [1.54, 1.807) is 30.3 Å². The van der Waals surface area contributed by atoms with E-state index < -0.39 is 15.9 Å². The molecule has 222 valence electrons. The van der Waals surface area contributed by atoms with Crippen molar-refractivity contribution in [3.8, 4) is 17.2 Å². The van der Waals surface area contributed by atoms with Crippen LogP contribution >= 0.6 is 11.6 Å². The normalized spacial score (nSPS) is 21.9. The molecule has 0 radical (unpaired) electrons. The van der Waals surface area contributed by atoms with Gasteiger partial charge in [-0.2, -0.15) is 0 Å². The highest BCUT2D eigenvalue weighted by Crippen LogP contribution is 2.55. The third-order valence-electron chi connectivity index (χ3n) is 8.34. The Labute approximate surface area is 252 Å². The predicted molar refractivity (Wildman–Crippen MR) is 164 cm³/mol. The van der Waals surface area contributed by atoms with Gasteiger partial charge in [0.2, 0.25) is 0 Å². The van der Waals surface area contributed by atoms with E-state index in [1.807, 2.05) is 30.3 Å². The molecule has 3 aromatic carbocycles. The smallest absolute Gasteiger partial charge is 0.177 e. The van der Waals surface area contributed by atoms with Gasteiger partial charge in [0.1, 0.15) is 30.0 Å². The standard InChI is InChI=1S/C33H36ClNO6S/c1-20-18-39-15-14-35(20)21(2)19-40-26-10-6-23(7-11-26)33-32(24-8-12-28(34)30(16-24)42(3,37)38)31(22-4-5-22)27-17-25(36)9-13-29(27)41-33/h6-13,16-17,20-22,33,36H,4-5,14-15,18-19H2,1-3H3. The minimum Gasteiger partial charge on any atom is -0.508 e. The van der Waals surface area contributed by atoms with Gasteiger partial charge in [-0.15, -0.1) is 0 Å². The van der Waals surface area contributed by atoms with E-state index in [2.05, 4.69) is 18.7 Å². The van der Waals surface area contributed by atoms with Crippen molar-refractivity contribution in [2.24, 2.45) is 5.92 Å². The first kappa shape index (κ1) is 29.1. The highest BCUT2D eigenvalue weighted by Gasteiger charge is 2.39. The van der Waals surface area contributed by atoms with Crippen LogP contribution in [0.3, 0.4) is 0 Å². The van der Waals surface area contributed by atoms with E-state index in [4.69, 9.17) is 25.8 Å². The van der Waals surface area contributed by atoms with Gasteiger partial charge in [-0.25, -0.2) is 8.42 Å². The number of hydrogen-bond acceptors (Lipinski definition) is 7. The van der Waals surface area contributed by atoms with Crippen LogP contribution in [-0.2, 0) is 14.6 Å². The van der Waals surface area contributed by atoms with Crippen LogP contribution < -0.4 is 9.47 Å². The average molecular weight is 610 g/mol. The summed E-state index contributed by atoms with van der Waals surface area (Å²) in [6, 6.07) is 18.8. The van der Waals surface area contributed by atoms with Gasteiger partial charge in [0.05, 0.1) is 23.1 Å². The molecule has 2 heterocycles. The molecule has 3 atom stereocenters. The number of allylic oxidation sites excluding steroid dienone is 1. The van der Waals surface area contributed by atoms with Crippen LogP contribution in [0.15, 0.2) is 65.6 Å². The third kappa shape index (κ3) is 5.91. The van der Waals surface area contributed by atoms with E-state index in [1.165, 1.54) is 0 Å². The van der Waals surface area contributed by atoms with Crippen molar-refractivity contribution in [1.82, 2.24) is 4.90 Å². The number of ether oxygens (including phenoxy) is 3. The minimum atomic E-state index is -3.56. The maximum atomic E-state index is 12.6. The Balaban J connectivity index is 1.36. The third-order valence-corrected chi connectivity index (χ3v) is 9.92. The zero-order valence-corrected chi connectivity index (χ0v) is 25.6. The number of halogens is 1. The summed E-state index contributed by atoms with van der Waals surface area (Å²) in [5.74, 6) is 1.90. The molecule has 0 amide bonds. The Morgan fingerprint density at radius 2 is 1.83 bits per heavy atom. The van der Waals surface area contributed by atoms with Gasteiger partial charge in [-0.3, -0.25) is 4.90 Å². The van der Waals surface area contributed by atoms with Crippen LogP contribution in [0.2, 0.25) is 5.02 Å². The summed E-state index contributed by atoms with van der Waals surface area (Å²) in [5, 5.41) is 10.5. The minimum absolute atomic E-state index is 0.0808. The molecule has 1 aliphatic carbocycles. The molecule has 2 aliphatic heterocycles. The predicted octanol–water partition coefficient (Wildman–Crippen LogP) is 6.39. The van der Waals surface area contributed by atoms with E-state index in [-0.39, 0.29) is 27.6 Å². The Morgan fingerprint density at radius 1 is 1.07 bits per heavy atom. The SMILES string of the molecule is CC1COCCN1C(C)COc1ccc(C2Oc3ccc(O)cc3C(C3CC3)=C2c2ccc(Cl)c(S(C)(=O)=O)c2)cc1. The number of aromatic hydroxyl groups is 1. The molecular weight excluding hydrogens is 574 g/mol. The van der Waals surface area contributed by atoms with E-state index >= 15 is 0 Å². The highest BCUT2D eigenvalue weighted by molar-refractivity contribution is 7.90. The second-order valence-corrected chi connectivity index (χ2v) is 14.0. The molecule has 0 bridgehead atoms. The van der Waals surface area contributed by atoms with Gasteiger partial charge in [0.25, 0.3) is 0 Å². The lowest BCUT2D eigenvalue weighted by Gasteiger charge is -2.37. The molecule has 7 nitrogen and oxygen atoms in total. The molecule has 2 fully saturated rings. The van der Waals surface area contributed by atoms with Crippen molar-refractivity contribution in [3.05, 3.63) is 82.4 Å². The van der Waals surface area contributed by atoms with Gasteiger partial charge in [-0.05, 0) is 91.8 Å². The van der Waals surface area contributed by atoms with Crippen LogP contribution in [0.4, 0.5) is 0 Å². The van der Waals surface area contributed by atoms with Crippen LogP contribution in [0.5, 0.6) is 17.2 Å². The number of benzene rings is 3. The highest BCUT2D eigenvalue weighted by atomic mass is 35.5. The van der Waals surface area contributed by atoms with Crippen molar-refractivity contribution in [3.63, 3.8) is 0 Å². The summed E-state index contributed by atoms with van der Waals surface area (Å²) in [4.78, 5) is 2.49. The lowest BCUT2D eigenvalue weighted by molar-refractivity contribution is -0.0266. The second-order valence-electron chi connectivity index (χ2n) is 11.6. The number of rotatable bonds is 8. The lowest BCUT2D eigenvalue weighted by atomic mass is 9.83. The van der Waals surface area contributed by atoms with E-state index in [9.17, 15) is 13.5 Å². The zero-order valence-electron chi connectivity index (χ0n) is 24.0. The van der Waals surface area contributed by atoms with Crippen LogP contribution in [0, 0.1) is 5.92 Å². The average Bonchev–Trinajstić information content (AvgIpc) is 3.81. The molecule has 3 aromatic rings. The van der Waals surface area contributed by atoms with Gasteiger partial charge >= 0.3 is 0 Å². The first-order chi connectivity index (χ1) is 20.1. The van der Waals surface area contributed by atoms with Crippen LogP contribution in [-0.4, -0.2) is 63.1 Å². The summed E-state index contributed by atoms with van der Waals surface area (Å²) < 4.78 is 43.6. The van der Waals surface area contributed by atoms with Crippen LogP contribution in [0.1, 0.15) is 49.5 Å². The fourth-order valence-corrected chi connectivity index (χ4v) is 7.36. The quantitative estimate of drug-likeness (QED) is 0.317. The molecule has 1 saturated heterocycles. The lowest BCUT2D eigenvalue weighted by Crippen LogP contribution is -2.50. The Hall–Kier alpha value is -3.04. The molecule has 1 N–H and O–H groups in total. The Morgan fingerprint density at radius 3 is 2.52 bits per heavy atom. The summed E-state index contributed by atoms with van der Waals surface area (Å²) in [5.41, 5.74) is 4.45. The van der Waals surface area contributed by atoms with Crippen LogP contribution in [0.25, 0.3) is 11.1 Å². The number of phenolic OH excluding ortho intramolecular Hbond substituents is 1. The first-order valence-corrected chi connectivity index (χ1v) is 16.7. The molecular formula is C33H36ClNO6S. The molecule has 0 spiro atoms. The molecule has 3 unspecified atom stereocenters. The Kier molecular flexibility index (Phi) is 8.00. The van der Waals surface area contributed by atoms with Crippen molar-refractivity contribution < 1.29 is 27.7 Å². The summed E-state index contributed by atoms with van der Waals surface area (Å²) in [7, 11) is -3.56. The number of fused-ring (bicyclic) bond motifs is 1. The van der Waals surface area contributed by atoms with Crippen molar-refractivity contribution in [1.29, 1.82) is 0 Å². The largest absolute Gasteiger partial charge is 0.508 e. The van der Waals surface area contributed by atoms with Gasteiger partial charge in [0.15, 0.2) is 9.84 Å². The molecule has 42 heavy (non-hydrogen) atoms. The van der Waals surface area contributed by atoms with Gasteiger partial charge in [0, 0.05) is 36.0 Å². The molecule has 1 saturated carbocycles. The monoisotopic (exact) mass is 609 g/mol.